The Balaban J connectivity index is 5.35. The third-order valence-electron chi connectivity index (χ3n) is 3.14. The van der Waals surface area contributed by atoms with E-state index in [1.165, 1.54) is 0 Å². The molecule has 1 unspecified atom stereocenters. The molecule has 0 bridgehead atoms. The largest absolute Gasteiger partial charge is 0.369 e. The highest BCUT2D eigenvalue weighted by Gasteiger charge is 2.35. The standard InChI is InChI=1S/C17H32N2O2/c1-8-9-10-12(14(18)20)13(11-16(2,3)4)15(21)19-17(5,6)7/h8-9,12-13H,10-11H2,1-7H3,(H2,18,20)(H,19,21)/b9-8+/t12-,13?/m0/s1. The Hall–Kier alpha value is -1.32. The Morgan fingerprint density at radius 2 is 1.62 bits per heavy atom. The number of allylic oxidation sites excluding steroid dienone is 2. The molecule has 0 radical (unpaired) electrons. The van der Waals surface area contributed by atoms with Crippen molar-refractivity contribution in [3.8, 4) is 0 Å². The van der Waals surface area contributed by atoms with Gasteiger partial charge in [0.15, 0.2) is 0 Å². The van der Waals surface area contributed by atoms with Crippen molar-refractivity contribution in [2.75, 3.05) is 0 Å². The minimum atomic E-state index is -0.470. The Morgan fingerprint density at radius 3 is 1.95 bits per heavy atom. The van der Waals surface area contributed by atoms with E-state index in [2.05, 4.69) is 26.1 Å². The van der Waals surface area contributed by atoms with E-state index in [0.29, 0.717) is 12.8 Å². The summed E-state index contributed by atoms with van der Waals surface area (Å²) in [4.78, 5) is 24.4. The summed E-state index contributed by atoms with van der Waals surface area (Å²) in [6.45, 7) is 13.9. The van der Waals surface area contributed by atoms with Crippen LogP contribution in [-0.2, 0) is 9.59 Å². The lowest BCUT2D eigenvalue weighted by atomic mass is 9.76. The van der Waals surface area contributed by atoms with Gasteiger partial charge in [0, 0.05) is 5.54 Å². The van der Waals surface area contributed by atoms with Gasteiger partial charge >= 0.3 is 0 Å². The highest BCUT2D eigenvalue weighted by atomic mass is 16.2. The number of rotatable bonds is 6. The molecule has 0 saturated carbocycles. The summed E-state index contributed by atoms with van der Waals surface area (Å²) >= 11 is 0. The smallest absolute Gasteiger partial charge is 0.224 e. The molecule has 122 valence electrons. The first kappa shape index (κ1) is 19.7. The van der Waals surface area contributed by atoms with E-state index in [4.69, 9.17) is 5.73 Å². The van der Waals surface area contributed by atoms with E-state index >= 15 is 0 Å². The van der Waals surface area contributed by atoms with Crippen molar-refractivity contribution in [1.82, 2.24) is 5.32 Å². The first-order valence-electron chi connectivity index (χ1n) is 7.60. The molecule has 21 heavy (non-hydrogen) atoms. The highest BCUT2D eigenvalue weighted by molar-refractivity contribution is 5.87. The number of carbonyl (C=O) groups is 2. The zero-order chi connectivity index (χ0) is 16.8. The monoisotopic (exact) mass is 296 g/mol. The number of hydrogen-bond acceptors (Lipinski definition) is 2. The van der Waals surface area contributed by atoms with Crippen LogP contribution in [0.5, 0.6) is 0 Å². The lowest BCUT2D eigenvalue weighted by Crippen LogP contribution is -2.48. The topological polar surface area (TPSA) is 72.2 Å². The predicted octanol–water partition coefficient (Wildman–Crippen LogP) is 3.02. The maximum Gasteiger partial charge on any atom is 0.224 e. The van der Waals surface area contributed by atoms with Gasteiger partial charge in [-0.3, -0.25) is 9.59 Å². The van der Waals surface area contributed by atoms with Gasteiger partial charge in [0.1, 0.15) is 0 Å². The third-order valence-corrected chi connectivity index (χ3v) is 3.14. The molecule has 0 aliphatic carbocycles. The van der Waals surface area contributed by atoms with Crippen molar-refractivity contribution in [2.45, 2.75) is 66.8 Å². The first-order chi connectivity index (χ1) is 9.37. The number of nitrogens with one attached hydrogen (secondary N) is 1. The normalized spacial score (nSPS) is 15.8. The molecule has 4 heteroatoms. The van der Waals surface area contributed by atoms with Crippen LogP contribution in [0.1, 0.15) is 61.3 Å². The second-order valence-electron chi connectivity index (χ2n) is 7.92. The molecule has 3 N–H and O–H groups in total. The van der Waals surface area contributed by atoms with Gasteiger partial charge in [-0.05, 0) is 46.0 Å². The van der Waals surface area contributed by atoms with E-state index in [1.54, 1.807) is 0 Å². The third kappa shape index (κ3) is 8.53. The maximum atomic E-state index is 12.6. The lowest BCUT2D eigenvalue weighted by Gasteiger charge is -2.32. The van der Waals surface area contributed by atoms with Gasteiger partial charge in [-0.15, -0.1) is 0 Å². The van der Waals surface area contributed by atoms with Crippen LogP contribution in [0.4, 0.5) is 0 Å². The van der Waals surface area contributed by atoms with E-state index in [-0.39, 0.29) is 16.9 Å². The summed E-state index contributed by atoms with van der Waals surface area (Å²) in [5.74, 6) is -1.38. The molecule has 2 atom stereocenters. The fraction of sp³-hybridized carbons (Fsp3) is 0.765. The summed E-state index contributed by atoms with van der Waals surface area (Å²) in [6.07, 6.45) is 4.91. The molecular weight excluding hydrogens is 264 g/mol. The summed E-state index contributed by atoms with van der Waals surface area (Å²) in [5, 5.41) is 2.98. The molecule has 2 amide bonds. The van der Waals surface area contributed by atoms with E-state index in [1.807, 2.05) is 39.8 Å². The van der Waals surface area contributed by atoms with Crippen molar-refractivity contribution < 1.29 is 9.59 Å². The van der Waals surface area contributed by atoms with Gasteiger partial charge in [0.05, 0.1) is 11.8 Å². The fourth-order valence-corrected chi connectivity index (χ4v) is 2.30. The van der Waals surface area contributed by atoms with Crippen molar-refractivity contribution in [2.24, 2.45) is 23.0 Å². The van der Waals surface area contributed by atoms with E-state index in [9.17, 15) is 9.59 Å². The second-order valence-corrected chi connectivity index (χ2v) is 7.92. The zero-order valence-electron chi connectivity index (χ0n) is 14.6. The second kappa shape index (κ2) is 7.62. The van der Waals surface area contributed by atoms with Crippen LogP contribution >= 0.6 is 0 Å². The zero-order valence-corrected chi connectivity index (χ0v) is 14.6. The molecule has 0 saturated heterocycles. The number of carbonyl (C=O) groups excluding carboxylic acids is 2. The summed E-state index contributed by atoms with van der Waals surface area (Å²) in [7, 11) is 0. The summed E-state index contributed by atoms with van der Waals surface area (Å²) < 4.78 is 0. The number of hydrogen-bond donors (Lipinski definition) is 2. The van der Waals surface area contributed by atoms with Crippen LogP contribution in [0, 0.1) is 17.3 Å². The van der Waals surface area contributed by atoms with E-state index in [0.717, 1.165) is 0 Å². The van der Waals surface area contributed by atoms with E-state index < -0.39 is 17.7 Å². The Kier molecular flexibility index (Phi) is 7.14. The predicted molar refractivity (Wildman–Crippen MR) is 87.6 cm³/mol. The van der Waals surface area contributed by atoms with Gasteiger partial charge in [0.2, 0.25) is 11.8 Å². The average molecular weight is 296 g/mol. The number of primary amides is 1. The molecule has 0 spiro atoms. The Labute approximate surface area is 129 Å². The minimum Gasteiger partial charge on any atom is -0.369 e. The van der Waals surface area contributed by atoms with Crippen LogP contribution < -0.4 is 11.1 Å². The Bertz CT molecular complexity index is 387. The molecule has 0 rings (SSSR count). The van der Waals surface area contributed by atoms with Crippen LogP contribution in [-0.4, -0.2) is 17.4 Å². The minimum absolute atomic E-state index is 0.0521. The van der Waals surface area contributed by atoms with Crippen molar-refractivity contribution >= 4 is 11.8 Å². The number of amides is 2. The van der Waals surface area contributed by atoms with Crippen LogP contribution in [0.3, 0.4) is 0 Å². The van der Waals surface area contributed by atoms with Crippen LogP contribution in [0.25, 0.3) is 0 Å². The SMILES string of the molecule is C/C=C/C[C@H](C(N)=O)C(CC(C)(C)C)C(=O)NC(C)(C)C. The fourth-order valence-electron chi connectivity index (χ4n) is 2.30. The maximum absolute atomic E-state index is 12.6. The van der Waals surface area contributed by atoms with Crippen molar-refractivity contribution in [1.29, 1.82) is 0 Å². The Morgan fingerprint density at radius 1 is 1.10 bits per heavy atom. The molecule has 0 aromatic rings. The lowest BCUT2D eigenvalue weighted by molar-refractivity contribution is -0.135. The van der Waals surface area contributed by atoms with Crippen molar-refractivity contribution in [3.63, 3.8) is 0 Å². The molecule has 0 aliphatic heterocycles. The van der Waals surface area contributed by atoms with Gasteiger partial charge < -0.3 is 11.1 Å². The molecule has 0 aromatic heterocycles. The quantitative estimate of drug-likeness (QED) is 0.739. The number of nitrogens with two attached hydrogens (primary N) is 1. The van der Waals surface area contributed by atoms with Crippen LogP contribution in [0.15, 0.2) is 12.2 Å². The molecular formula is C17H32N2O2. The van der Waals surface area contributed by atoms with Gasteiger partial charge in [-0.25, -0.2) is 0 Å². The van der Waals surface area contributed by atoms with Gasteiger partial charge in [-0.2, -0.15) is 0 Å². The first-order valence-corrected chi connectivity index (χ1v) is 7.60. The van der Waals surface area contributed by atoms with Gasteiger partial charge in [0.25, 0.3) is 0 Å². The summed E-state index contributed by atoms with van der Waals surface area (Å²) in [6, 6.07) is 0. The molecule has 0 heterocycles. The summed E-state index contributed by atoms with van der Waals surface area (Å²) in [5.41, 5.74) is 5.17. The van der Waals surface area contributed by atoms with Gasteiger partial charge in [-0.1, -0.05) is 32.9 Å². The average Bonchev–Trinajstić information content (AvgIpc) is 2.23. The van der Waals surface area contributed by atoms with Crippen LogP contribution in [0.2, 0.25) is 0 Å². The molecule has 0 aromatic carbocycles. The molecule has 0 aliphatic rings. The van der Waals surface area contributed by atoms with Crippen molar-refractivity contribution in [3.05, 3.63) is 12.2 Å². The molecule has 0 fully saturated rings. The highest BCUT2D eigenvalue weighted by Crippen LogP contribution is 2.31. The molecule has 4 nitrogen and oxygen atoms in total.